The predicted octanol–water partition coefficient (Wildman–Crippen LogP) is -11.2. The third-order valence-electron chi connectivity index (χ3n) is 1.62. The maximum Gasteiger partial charge on any atom is 1.00 e. The predicted molar refractivity (Wildman–Crippen MR) is 53.4 cm³/mol. The van der Waals surface area contributed by atoms with Gasteiger partial charge in [0, 0.05) is 0 Å². The van der Waals surface area contributed by atoms with Crippen molar-refractivity contribution in [3.8, 4) is 0 Å². The van der Waals surface area contributed by atoms with Crippen molar-refractivity contribution in [2.75, 3.05) is 0 Å². The van der Waals surface area contributed by atoms with E-state index in [9.17, 15) is 4.79 Å². The van der Waals surface area contributed by atoms with Gasteiger partial charge in [-0.2, -0.15) is 7.82 Å². The van der Waals surface area contributed by atoms with E-state index < -0.39 is 19.8 Å². The molecule has 0 saturated heterocycles. The summed E-state index contributed by atoms with van der Waals surface area (Å²) in [5.41, 5.74) is 6.30. The van der Waals surface area contributed by atoms with E-state index in [4.69, 9.17) is 30.1 Å². The quantitative estimate of drug-likeness (QED) is 0.413. The average molecular weight is 329 g/mol. The smallest absolute Gasteiger partial charge is 0.822 e. The van der Waals surface area contributed by atoms with Gasteiger partial charge in [0.1, 0.15) is 6.04 Å². The van der Waals surface area contributed by atoms with Crippen LogP contribution in [0.1, 0.15) is 5.56 Å². The van der Waals surface area contributed by atoms with Crippen LogP contribution in [-0.2, 0) is 15.8 Å². The molecule has 0 heterocycles. The van der Waals surface area contributed by atoms with Gasteiger partial charge in [-0.15, -0.1) is 0 Å². The van der Waals surface area contributed by atoms with Gasteiger partial charge in [-0.05, 0) is 12.0 Å². The van der Waals surface area contributed by atoms with E-state index in [0.29, 0.717) is 6.42 Å². The van der Waals surface area contributed by atoms with Crippen LogP contribution in [0.25, 0.3) is 0 Å². The number of phosphoric acid groups is 1. The number of nitrogens with two attached hydrogens (primary N) is 1. The summed E-state index contributed by atoms with van der Waals surface area (Å²) in [6.45, 7) is 0. The number of benzene rings is 1. The minimum atomic E-state index is -5.39. The maximum atomic E-state index is 10.4. The molecule has 0 aromatic heterocycles. The first kappa shape index (κ1) is 29.7. The van der Waals surface area contributed by atoms with Crippen molar-refractivity contribution in [1.82, 2.24) is 0 Å². The Bertz CT molecular complexity index is 394. The van der Waals surface area contributed by atoms with Gasteiger partial charge in [-0.3, -0.25) is 4.79 Å². The molecule has 20 heavy (non-hydrogen) atoms. The summed E-state index contributed by atoms with van der Waals surface area (Å²) in [4.78, 5) is 36.0. The van der Waals surface area contributed by atoms with Crippen LogP contribution in [0.4, 0.5) is 0 Å². The van der Waals surface area contributed by atoms with Gasteiger partial charge in [0.25, 0.3) is 0 Å². The topological polar surface area (TPSA) is 150 Å². The second-order valence-electron chi connectivity index (χ2n) is 3.08. The third kappa shape index (κ3) is 22.0. The monoisotopic (exact) mass is 329 g/mol. The van der Waals surface area contributed by atoms with E-state index in [1.807, 2.05) is 30.3 Å². The Hall–Kier alpha value is 1.76. The van der Waals surface area contributed by atoms with Gasteiger partial charge in [-0.1, -0.05) is 30.3 Å². The molecule has 3 N–H and O–H groups in total. The Kier molecular flexibility index (Phi) is 23.3. The Balaban J connectivity index is -0.000000141. The molecule has 0 unspecified atom stereocenters. The molecule has 0 fully saturated rings. The number of aliphatic carboxylic acids is 1. The fourth-order valence-corrected chi connectivity index (χ4v) is 0.955. The SMILES string of the molecule is N[C@@H](Cc1ccccc1)C(=O)O.O=P([O-])([O-])[O-].[Na+].[Na+].[Na+]. The second kappa shape index (κ2) is 15.6. The van der Waals surface area contributed by atoms with Crippen LogP contribution in [0.15, 0.2) is 30.3 Å². The van der Waals surface area contributed by atoms with Gasteiger partial charge in [-0.25, -0.2) is 0 Å². The molecule has 0 spiro atoms. The van der Waals surface area contributed by atoms with Crippen LogP contribution in [0.3, 0.4) is 0 Å². The molecular weight excluding hydrogens is 318 g/mol. The molecule has 1 rings (SSSR count). The molecule has 0 aliphatic carbocycles. The number of carbonyl (C=O) groups is 1. The number of rotatable bonds is 3. The number of carboxylic acids is 1. The zero-order valence-corrected chi connectivity index (χ0v) is 18.6. The first-order valence-corrected chi connectivity index (χ1v) is 5.91. The Morgan fingerprint density at radius 2 is 1.50 bits per heavy atom. The van der Waals surface area contributed by atoms with Crippen molar-refractivity contribution in [1.29, 1.82) is 0 Å². The summed E-state index contributed by atoms with van der Waals surface area (Å²) >= 11 is 0. The van der Waals surface area contributed by atoms with E-state index in [2.05, 4.69) is 0 Å². The molecule has 7 nitrogen and oxygen atoms in total. The number of hydrogen-bond donors (Lipinski definition) is 2. The number of hydrogen-bond acceptors (Lipinski definition) is 6. The van der Waals surface area contributed by atoms with Gasteiger partial charge >= 0.3 is 94.6 Å². The standard InChI is InChI=1S/C9H11NO2.3Na.H3O4P/c10-8(9(11)12)6-7-4-2-1-3-5-7;;;;1-5(2,3)4/h1-5,8H,6,10H2,(H,11,12);;;;(H3,1,2,3,4)/q;3*+1;/p-3/t8-;;;;/m0..../s1. The first-order valence-electron chi connectivity index (χ1n) is 4.45. The van der Waals surface area contributed by atoms with Crippen molar-refractivity contribution >= 4 is 13.8 Å². The van der Waals surface area contributed by atoms with Crippen LogP contribution < -0.4 is 109 Å². The summed E-state index contributed by atoms with van der Waals surface area (Å²) in [6.07, 6.45) is 0.385. The van der Waals surface area contributed by atoms with Gasteiger partial charge < -0.3 is 30.1 Å². The fourth-order valence-electron chi connectivity index (χ4n) is 0.955. The molecule has 0 aliphatic rings. The molecule has 0 radical (unpaired) electrons. The van der Waals surface area contributed by atoms with Gasteiger partial charge in [0.05, 0.1) is 0 Å². The van der Waals surface area contributed by atoms with Crippen molar-refractivity contribution in [3.05, 3.63) is 35.9 Å². The van der Waals surface area contributed by atoms with E-state index in [1.54, 1.807) is 0 Å². The molecule has 0 bridgehead atoms. The summed E-state index contributed by atoms with van der Waals surface area (Å²) < 4.78 is 8.55. The minimum absolute atomic E-state index is 0. The zero-order chi connectivity index (χ0) is 13.5. The largest absolute Gasteiger partial charge is 1.00 e. The van der Waals surface area contributed by atoms with Crippen LogP contribution >= 0.6 is 7.82 Å². The molecule has 0 amide bonds. The third-order valence-corrected chi connectivity index (χ3v) is 1.62. The van der Waals surface area contributed by atoms with Crippen LogP contribution in [0.2, 0.25) is 0 Å². The van der Waals surface area contributed by atoms with Crippen LogP contribution in [0, 0.1) is 0 Å². The second-order valence-corrected chi connectivity index (χ2v) is 3.98. The summed E-state index contributed by atoms with van der Waals surface area (Å²) in [6, 6.07) is 8.54. The molecule has 1 aromatic rings. The average Bonchev–Trinajstić information content (AvgIpc) is 2.16. The molecule has 0 saturated carbocycles. The van der Waals surface area contributed by atoms with Crippen LogP contribution in [-0.4, -0.2) is 17.1 Å². The van der Waals surface area contributed by atoms with E-state index in [0.717, 1.165) is 5.56 Å². The van der Waals surface area contributed by atoms with Crippen molar-refractivity contribution < 1.29 is 118 Å². The van der Waals surface area contributed by atoms with Crippen molar-refractivity contribution in [2.24, 2.45) is 5.73 Å². The van der Waals surface area contributed by atoms with E-state index in [1.165, 1.54) is 0 Å². The van der Waals surface area contributed by atoms with Gasteiger partial charge in [0.15, 0.2) is 0 Å². The maximum absolute atomic E-state index is 10.4. The Morgan fingerprint density at radius 1 is 1.15 bits per heavy atom. The normalized spacial score (nSPS) is 10.4. The molecular formula is C9H11NNa3O6P. The summed E-state index contributed by atoms with van der Waals surface area (Å²) in [7, 11) is -5.39. The first-order chi connectivity index (χ1) is 7.70. The Morgan fingerprint density at radius 3 is 1.80 bits per heavy atom. The molecule has 11 heteroatoms. The van der Waals surface area contributed by atoms with Crippen molar-refractivity contribution in [3.63, 3.8) is 0 Å². The molecule has 0 aliphatic heterocycles. The molecule has 1 atom stereocenters. The zero-order valence-electron chi connectivity index (χ0n) is 11.7. The minimum Gasteiger partial charge on any atom is -0.822 e. The number of carboxylic acid groups (broad SMARTS) is 1. The van der Waals surface area contributed by atoms with E-state index in [-0.39, 0.29) is 88.7 Å². The van der Waals surface area contributed by atoms with E-state index >= 15 is 0 Å². The fraction of sp³-hybridized carbons (Fsp3) is 0.222. The van der Waals surface area contributed by atoms with Crippen LogP contribution in [0.5, 0.6) is 0 Å². The van der Waals surface area contributed by atoms with Crippen molar-refractivity contribution in [2.45, 2.75) is 12.5 Å². The molecule has 1 aromatic carbocycles. The van der Waals surface area contributed by atoms with Gasteiger partial charge in [0.2, 0.25) is 0 Å². The molecule has 96 valence electrons. The summed E-state index contributed by atoms with van der Waals surface area (Å²) in [5.74, 6) is -0.959. The summed E-state index contributed by atoms with van der Waals surface area (Å²) in [5, 5.41) is 8.52. The Labute approximate surface area is 183 Å².